The summed E-state index contributed by atoms with van der Waals surface area (Å²) < 4.78 is 21.8. The molecule has 1 fully saturated rings. The predicted octanol–water partition coefficient (Wildman–Crippen LogP) is 3.46. The second kappa shape index (κ2) is 6.58. The standard InChI is InChI=1S/C23H20O7/c1-3-18(24)29-14-8-16-12(2)19-15(21(25)30-20(19)13-5-7-27-10-13)4-6-23(16)11-28-22(26)17(23)9-14/h4-8,10,17,20H,3,9,11H2,1-2H3/t17-,20-,23-/m0/s1. The number of carbonyl (C=O) groups excluding carboxylic acids is 3. The van der Waals surface area contributed by atoms with Crippen LogP contribution in [-0.4, -0.2) is 24.5 Å². The van der Waals surface area contributed by atoms with Gasteiger partial charge in [-0.3, -0.25) is 9.59 Å². The molecule has 3 heterocycles. The first kappa shape index (κ1) is 18.7. The lowest BCUT2D eigenvalue weighted by Gasteiger charge is -2.35. The molecule has 4 aliphatic rings. The first-order chi connectivity index (χ1) is 14.4. The molecule has 0 unspecified atom stereocenters. The minimum absolute atomic E-state index is 0.178. The zero-order valence-corrected chi connectivity index (χ0v) is 16.6. The number of carbonyl (C=O) groups is 3. The van der Waals surface area contributed by atoms with Gasteiger partial charge in [0.05, 0.1) is 29.4 Å². The van der Waals surface area contributed by atoms with Crippen molar-refractivity contribution in [3.05, 3.63) is 70.4 Å². The summed E-state index contributed by atoms with van der Waals surface area (Å²) in [5, 5.41) is 0. The Morgan fingerprint density at radius 2 is 2.17 bits per heavy atom. The van der Waals surface area contributed by atoms with Crippen molar-refractivity contribution in [3.8, 4) is 0 Å². The average Bonchev–Trinajstić information content (AvgIpc) is 3.43. The number of hydrogen-bond acceptors (Lipinski definition) is 7. The zero-order valence-electron chi connectivity index (χ0n) is 16.6. The highest BCUT2D eigenvalue weighted by Gasteiger charge is 2.55. The van der Waals surface area contributed by atoms with Crippen LogP contribution in [-0.2, 0) is 28.6 Å². The van der Waals surface area contributed by atoms with Gasteiger partial charge in [-0.25, -0.2) is 4.79 Å². The van der Waals surface area contributed by atoms with Crippen LogP contribution in [0.2, 0.25) is 0 Å². The van der Waals surface area contributed by atoms with Crippen LogP contribution in [0.3, 0.4) is 0 Å². The van der Waals surface area contributed by atoms with Crippen LogP contribution in [0.4, 0.5) is 0 Å². The zero-order chi connectivity index (χ0) is 21.0. The van der Waals surface area contributed by atoms with Crippen molar-refractivity contribution in [2.75, 3.05) is 6.61 Å². The molecule has 0 radical (unpaired) electrons. The molecule has 7 nitrogen and oxygen atoms in total. The molecule has 0 N–H and O–H groups in total. The second-order valence-corrected chi connectivity index (χ2v) is 7.88. The number of ether oxygens (including phenoxy) is 3. The van der Waals surface area contributed by atoms with Gasteiger partial charge in [0, 0.05) is 24.0 Å². The maximum Gasteiger partial charge on any atom is 0.339 e. The van der Waals surface area contributed by atoms with E-state index >= 15 is 0 Å². The van der Waals surface area contributed by atoms with Gasteiger partial charge >= 0.3 is 17.9 Å². The van der Waals surface area contributed by atoms with E-state index < -0.39 is 23.4 Å². The van der Waals surface area contributed by atoms with Crippen molar-refractivity contribution in [1.29, 1.82) is 0 Å². The highest BCUT2D eigenvalue weighted by molar-refractivity contribution is 5.97. The van der Waals surface area contributed by atoms with Crippen LogP contribution in [0.25, 0.3) is 0 Å². The first-order valence-corrected chi connectivity index (χ1v) is 9.90. The fraction of sp³-hybridized carbons (Fsp3) is 0.348. The van der Waals surface area contributed by atoms with Gasteiger partial charge in [0.2, 0.25) is 0 Å². The molecule has 0 aromatic carbocycles. The van der Waals surface area contributed by atoms with Gasteiger partial charge < -0.3 is 18.6 Å². The van der Waals surface area contributed by atoms with E-state index in [-0.39, 0.29) is 31.4 Å². The number of esters is 3. The maximum atomic E-state index is 12.7. The summed E-state index contributed by atoms with van der Waals surface area (Å²) in [6, 6.07) is 1.76. The highest BCUT2D eigenvalue weighted by atomic mass is 16.6. The van der Waals surface area contributed by atoms with Crippen molar-refractivity contribution in [3.63, 3.8) is 0 Å². The lowest BCUT2D eigenvalue weighted by atomic mass is 9.65. The van der Waals surface area contributed by atoms with Gasteiger partial charge in [0.15, 0.2) is 6.10 Å². The average molecular weight is 408 g/mol. The van der Waals surface area contributed by atoms with Crippen LogP contribution in [0.15, 0.2) is 69.3 Å². The molecular weight excluding hydrogens is 388 g/mol. The maximum absolute atomic E-state index is 12.7. The Morgan fingerprint density at radius 3 is 2.90 bits per heavy atom. The van der Waals surface area contributed by atoms with E-state index in [1.54, 1.807) is 25.3 Å². The fourth-order valence-electron chi connectivity index (χ4n) is 4.76. The predicted molar refractivity (Wildman–Crippen MR) is 102 cm³/mol. The summed E-state index contributed by atoms with van der Waals surface area (Å²) in [6.07, 6.45) is 8.40. The van der Waals surface area contributed by atoms with Crippen molar-refractivity contribution < 1.29 is 33.0 Å². The van der Waals surface area contributed by atoms with E-state index in [9.17, 15) is 14.4 Å². The Balaban J connectivity index is 1.70. The van der Waals surface area contributed by atoms with Crippen LogP contribution in [0.5, 0.6) is 0 Å². The number of rotatable bonds is 3. The van der Waals surface area contributed by atoms with Gasteiger partial charge in [-0.05, 0) is 30.2 Å². The Morgan fingerprint density at radius 1 is 1.33 bits per heavy atom. The summed E-state index contributed by atoms with van der Waals surface area (Å²) >= 11 is 0. The topological polar surface area (TPSA) is 92.0 Å². The van der Waals surface area contributed by atoms with Crippen LogP contribution < -0.4 is 0 Å². The summed E-state index contributed by atoms with van der Waals surface area (Å²) in [6.45, 7) is 3.79. The normalized spacial score (nSPS) is 29.6. The second-order valence-electron chi connectivity index (χ2n) is 7.88. The van der Waals surface area contributed by atoms with E-state index in [0.717, 1.165) is 22.3 Å². The fourth-order valence-corrected chi connectivity index (χ4v) is 4.76. The largest absolute Gasteiger partial charge is 0.472 e. The lowest BCUT2D eigenvalue weighted by molar-refractivity contribution is -0.144. The molecule has 30 heavy (non-hydrogen) atoms. The quantitative estimate of drug-likeness (QED) is 0.559. The van der Waals surface area contributed by atoms with E-state index in [2.05, 4.69) is 0 Å². The molecular formula is C23H20O7. The van der Waals surface area contributed by atoms with Gasteiger partial charge in [-0.15, -0.1) is 0 Å². The molecule has 0 amide bonds. The molecule has 7 heteroatoms. The van der Waals surface area contributed by atoms with E-state index in [0.29, 0.717) is 11.3 Å². The Kier molecular flexibility index (Phi) is 4.10. The molecule has 0 saturated carbocycles. The third-order valence-electron chi connectivity index (χ3n) is 6.30. The smallest absolute Gasteiger partial charge is 0.339 e. The third-order valence-corrected chi connectivity index (χ3v) is 6.30. The molecule has 1 saturated heterocycles. The van der Waals surface area contributed by atoms with Gasteiger partial charge in [-0.1, -0.05) is 19.1 Å². The number of hydrogen-bond donors (Lipinski definition) is 0. The summed E-state index contributed by atoms with van der Waals surface area (Å²) in [4.78, 5) is 37.1. The molecule has 5 rings (SSSR count). The third kappa shape index (κ3) is 2.54. The Hall–Kier alpha value is -3.35. The van der Waals surface area contributed by atoms with Gasteiger partial charge in [0.1, 0.15) is 12.4 Å². The van der Waals surface area contributed by atoms with Gasteiger partial charge in [0.25, 0.3) is 0 Å². The SMILES string of the molecule is CCC(=O)OC1=CC2=C(C)C3=C(C=C[C@]24COC(=O)[C@@H]4C1)C(=O)O[C@H]3c1ccoc1. The lowest BCUT2D eigenvalue weighted by Crippen LogP contribution is -2.35. The summed E-state index contributed by atoms with van der Waals surface area (Å²) in [5.41, 5.74) is 2.80. The number of allylic oxidation sites excluding steroid dienone is 2. The van der Waals surface area contributed by atoms with E-state index in [4.69, 9.17) is 18.6 Å². The molecule has 154 valence electrons. The Labute approximate surface area is 172 Å². The molecule has 1 spiro atoms. The molecule has 1 aromatic rings. The van der Waals surface area contributed by atoms with E-state index in [1.165, 1.54) is 6.26 Å². The van der Waals surface area contributed by atoms with Crippen molar-refractivity contribution in [2.45, 2.75) is 32.8 Å². The molecule has 3 atom stereocenters. The van der Waals surface area contributed by atoms with Crippen LogP contribution in [0, 0.1) is 11.3 Å². The molecule has 2 aliphatic heterocycles. The van der Waals surface area contributed by atoms with E-state index in [1.807, 2.05) is 19.1 Å². The van der Waals surface area contributed by atoms with Gasteiger partial charge in [-0.2, -0.15) is 0 Å². The minimum Gasteiger partial charge on any atom is -0.472 e. The van der Waals surface area contributed by atoms with Crippen molar-refractivity contribution >= 4 is 17.9 Å². The number of cyclic esters (lactones) is 2. The number of furan rings is 1. The van der Waals surface area contributed by atoms with Crippen molar-refractivity contribution in [1.82, 2.24) is 0 Å². The van der Waals surface area contributed by atoms with Crippen LogP contribution >= 0.6 is 0 Å². The van der Waals surface area contributed by atoms with Crippen molar-refractivity contribution in [2.24, 2.45) is 11.3 Å². The summed E-state index contributed by atoms with van der Waals surface area (Å²) in [5.74, 6) is -1.21. The highest BCUT2D eigenvalue weighted by Crippen LogP contribution is 2.55. The molecule has 2 aliphatic carbocycles. The minimum atomic E-state index is -0.713. The van der Waals surface area contributed by atoms with Crippen LogP contribution in [0.1, 0.15) is 38.4 Å². The molecule has 0 bridgehead atoms. The molecule has 1 aromatic heterocycles. The Bertz CT molecular complexity index is 1080. The monoisotopic (exact) mass is 408 g/mol. The first-order valence-electron chi connectivity index (χ1n) is 9.90. The summed E-state index contributed by atoms with van der Waals surface area (Å²) in [7, 11) is 0.